The summed E-state index contributed by atoms with van der Waals surface area (Å²) in [6.07, 6.45) is 1.43. The molecule has 0 heterocycles. The van der Waals surface area contributed by atoms with Crippen LogP contribution in [-0.4, -0.2) is 14.6 Å². The molecule has 1 aliphatic carbocycles. The van der Waals surface area contributed by atoms with Gasteiger partial charge in [0.15, 0.2) is 0 Å². The van der Waals surface area contributed by atoms with Gasteiger partial charge in [0.05, 0.1) is 17.1 Å². The maximum atomic E-state index is 10.4. The highest BCUT2D eigenvalue weighted by Crippen LogP contribution is 2.51. The maximum Gasteiger partial charge on any atom is 0.0688 e. The average molecular weight is 321 g/mol. The van der Waals surface area contributed by atoms with Crippen molar-refractivity contribution in [2.45, 2.75) is 50.1 Å². The fourth-order valence-electron chi connectivity index (χ4n) is 2.70. The first-order valence-electron chi connectivity index (χ1n) is 5.49. The van der Waals surface area contributed by atoms with Crippen LogP contribution in [0.2, 0.25) is 0 Å². The number of aliphatic hydroxyl groups is 1. The topological polar surface area (TPSA) is 44.0 Å². The average Bonchev–Trinajstić information content (AvgIpc) is 2.36. The number of hydrogen-bond donors (Lipinski definition) is 1. The lowest BCUT2D eigenvalue weighted by Gasteiger charge is -2.31. The van der Waals surface area contributed by atoms with Crippen molar-refractivity contribution in [3.8, 4) is 6.07 Å². The van der Waals surface area contributed by atoms with Crippen LogP contribution in [0, 0.1) is 28.6 Å². The van der Waals surface area contributed by atoms with Gasteiger partial charge in [-0.2, -0.15) is 5.26 Å². The monoisotopic (exact) mass is 321 g/mol. The molecular weight excluding hydrogens is 301 g/mol. The van der Waals surface area contributed by atoms with Crippen LogP contribution < -0.4 is 0 Å². The second-order valence-electron chi connectivity index (χ2n) is 5.71. The first-order chi connectivity index (χ1) is 6.72. The van der Waals surface area contributed by atoms with Gasteiger partial charge in [-0.1, -0.05) is 36.4 Å². The number of halogens is 1. The minimum absolute atomic E-state index is 0.239. The van der Waals surface area contributed by atoms with Gasteiger partial charge in [-0.15, -0.1) is 0 Å². The zero-order valence-electron chi connectivity index (χ0n) is 9.92. The van der Waals surface area contributed by atoms with Gasteiger partial charge >= 0.3 is 0 Å². The molecular formula is C12H20INO. The Balaban J connectivity index is 2.89. The van der Waals surface area contributed by atoms with Gasteiger partial charge in [-0.3, -0.25) is 0 Å². The van der Waals surface area contributed by atoms with E-state index in [2.05, 4.69) is 42.5 Å². The number of nitrogens with zero attached hydrogens (tertiary/aromatic N) is 1. The highest BCUT2D eigenvalue weighted by Gasteiger charge is 2.51. The summed E-state index contributed by atoms with van der Waals surface area (Å²) in [5.41, 5.74) is -1.02. The number of nitriles is 1. The molecule has 0 bridgehead atoms. The van der Waals surface area contributed by atoms with E-state index in [0.29, 0.717) is 16.3 Å². The molecule has 0 radical (unpaired) electrons. The summed E-state index contributed by atoms with van der Waals surface area (Å²) in [5.74, 6) is 0.783. The maximum absolute atomic E-state index is 10.4. The first kappa shape index (κ1) is 13.2. The Kier molecular flexibility index (Phi) is 3.72. The van der Waals surface area contributed by atoms with Crippen molar-refractivity contribution >= 4 is 22.6 Å². The minimum atomic E-state index is -0.680. The van der Waals surface area contributed by atoms with Gasteiger partial charge in [-0.25, -0.2) is 0 Å². The van der Waals surface area contributed by atoms with Crippen molar-refractivity contribution in [1.82, 2.24) is 0 Å². The molecule has 1 N–H and O–H groups in total. The molecule has 1 saturated carbocycles. The molecule has 15 heavy (non-hydrogen) atoms. The van der Waals surface area contributed by atoms with Crippen molar-refractivity contribution < 1.29 is 5.11 Å². The van der Waals surface area contributed by atoms with Crippen molar-refractivity contribution in [1.29, 1.82) is 5.26 Å². The molecule has 2 nitrogen and oxygen atoms in total. The van der Waals surface area contributed by atoms with Gasteiger partial charge in [0.2, 0.25) is 0 Å². The van der Waals surface area contributed by atoms with Crippen LogP contribution in [0.1, 0.15) is 40.5 Å². The fourth-order valence-corrected chi connectivity index (χ4v) is 3.73. The molecule has 4 atom stereocenters. The van der Waals surface area contributed by atoms with Gasteiger partial charge in [-0.05, 0) is 32.6 Å². The van der Waals surface area contributed by atoms with Gasteiger partial charge in [0.25, 0.3) is 0 Å². The Morgan fingerprint density at radius 3 is 2.33 bits per heavy atom. The second kappa shape index (κ2) is 4.21. The van der Waals surface area contributed by atoms with E-state index in [1.165, 1.54) is 0 Å². The van der Waals surface area contributed by atoms with E-state index in [4.69, 9.17) is 5.26 Å². The third kappa shape index (κ3) is 2.65. The van der Waals surface area contributed by atoms with E-state index in [0.717, 1.165) is 6.42 Å². The summed E-state index contributed by atoms with van der Waals surface area (Å²) in [6, 6.07) is 2.36. The van der Waals surface area contributed by atoms with Crippen LogP contribution in [-0.2, 0) is 0 Å². The number of alkyl halides is 1. The summed E-state index contributed by atoms with van der Waals surface area (Å²) in [7, 11) is 0. The molecule has 3 heteroatoms. The minimum Gasteiger partial charge on any atom is -0.390 e. The highest BCUT2D eigenvalue weighted by molar-refractivity contribution is 14.1. The van der Waals surface area contributed by atoms with Crippen molar-refractivity contribution in [2.24, 2.45) is 17.3 Å². The SMILES string of the molecule is CC(C)[C@@H](I)C1CC(C)(C#N)CC1(C)O. The smallest absolute Gasteiger partial charge is 0.0688 e. The van der Waals surface area contributed by atoms with Gasteiger partial charge in [0.1, 0.15) is 0 Å². The first-order valence-corrected chi connectivity index (χ1v) is 6.74. The molecule has 1 fully saturated rings. The van der Waals surface area contributed by atoms with Crippen LogP contribution in [0.5, 0.6) is 0 Å². The highest BCUT2D eigenvalue weighted by atomic mass is 127. The Morgan fingerprint density at radius 2 is 2.00 bits per heavy atom. The molecule has 0 amide bonds. The molecule has 1 aliphatic rings. The van der Waals surface area contributed by atoms with Gasteiger partial charge < -0.3 is 5.11 Å². The summed E-state index contributed by atoms with van der Waals surface area (Å²) >= 11 is 2.42. The van der Waals surface area contributed by atoms with Crippen molar-refractivity contribution in [3.05, 3.63) is 0 Å². The van der Waals surface area contributed by atoms with Crippen LogP contribution >= 0.6 is 22.6 Å². The Hall–Kier alpha value is 0.180. The molecule has 3 unspecified atom stereocenters. The Labute approximate surface area is 106 Å². The Bertz CT molecular complexity index is 282. The zero-order chi connectivity index (χ0) is 11.9. The number of hydrogen-bond acceptors (Lipinski definition) is 2. The molecule has 0 aromatic heterocycles. The van der Waals surface area contributed by atoms with Crippen LogP contribution in [0.25, 0.3) is 0 Å². The quantitative estimate of drug-likeness (QED) is 0.627. The molecule has 0 aromatic rings. The molecule has 0 aliphatic heterocycles. The van der Waals surface area contributed by atoms with E-state index in [-0.39, 0.29) is 11.3 Å². The lowest BCUT2D eigenvalue weighted by molar-refractivity contribution is 0.0151. The van der Waals surface area contributed by atoms with Crippen LogP contribution in [0.3, 0.4) is 0 Å². The molecule has 0 saturated heterocycles. The Morgan fingerprint density at radius 1 is 1.47 bits per heavy atom. The van der Waals surface area contributed by atoms with E-state index in [1.54, 1.807) is 0 Å². The lowest BCUT2D eigenvalue weighted by Crippen LogP contribution is -2.36. The largest absolute Gasteiger partial charge is 0.390 e. The van der Waals surface area contributed by atoms with Crippen LogP contribution in [0.4, 0.5) is 0 Å². The van der Waals surface area contributed by atoms with Crippen molar-refractivity contribution in [3.63, 3.8) is 0 Å². The molecule has 0 spiro atoms. The zero-order valence-corrected chi connectivity index (χ0v) is 12.1. The van der Waals surface area contributed by atoms with Crippen LogP contribution in [0.15, 0.2) is 0 Å². The van der Waals surface area contributed by atoms with E-state index >= 15 is 0 Å². The molecule has 0 aromatic carbocycles. The standard InChI is InChI=1S/C12H20INO/c1-8(2)10(13)9-5-11(3,7-14)6-12(9,4)15/h8-10,15H,5-6H2,1-4H3/t9?,10-,11?,12?/m1/s1. The van der Waals surface area contributed by atoms with Gasteiger partial charge in [0, 0.05) is 9.84 Å². The van der Waals surface area contributed by atoms with E-state index in [9.17, 15) is 5.11 Å². The van der Waals surface area contributed by atoms with Crippen molar-refractivity contribution in [2.75, 3.05) is 0 Å². The lowest BCUT2D eigenvalue weighted by atomic mass is 9.85. The predicted molar refractivity (Wildman–Crippen MR) is 69.7 cm³/mol. The summed E-state index contributed by atoms with van der Waals surface area (Å²) in [5, 5.41) is 19.5. The third-order valence-corrected chi connectivity index (χ3v) is 5.81. The summed E-state index contributed by atoms with van der Waals surface area (Å²) in [6.45, 7) is 8.20. The van der Waals surface area contributed by atoms with E-state index in [1.807, 2.05) is 13.8 Å². The normalized spacial score (nSPS) is 42.9. The molecule has 86 valence electrons. The second-order valence-corrected chi connectivity index (χ2v) is 7.14. The van der Waals surface area contributed by atoms with E-state index < -0.39 is 5.60 Å². The fraction of sp³-hybridized carbons (Fsp3) is 0.917. The molecule has 1 rings (SSSR count). The number of rotatable bonds is 2. The summed E-state index contributed by atoms with van der Waals surface area (Å²) in [4.78, 5) is 0. The summed E-state index contributed by atoms with van der Waals surface area (Å²) < 4.78 is 0.438. The predicted octanol–water partition coefficient (Wildman–Crippen LogP) is 3.14. The third-order valence-electron chi connectivity index (χ3n) is 3.51.